The number of aliphatic hydroxyl groups excluding tert-OH is 1. The summed E-state index contributed by atoms with van der Waals surface area (Å²) in [6.07, 6.45) is -4.37. The second kappa shape index (κ2) is 12.4. The van der Waals surface area contributed by atoms with Crippen molar-refractivity contribution in [1.82, 2.24) is 5.06 Å². The van der Waals surface area contributed by atoms with E-state index >= 15 is 0 Å². The number of hydrogen-bond acceptors (Lipinski definition) is 8. The van der Waals surface area contributed by atoms with Crippen LogP contribution in [0.4, 0.5) is 0 Å². The van der Waals surface area contributed by atoms with Crippen molar-refractivity contribution in [2.24, 2.45) is 0 Å². The van der Waals surface area contributed by atoms with Gasteiger partial charge in [-0.15, -0.1) is 0 Å². The van der Waals surface area contributed by atoms with Gasteiger partial charge >= 0.3 is 0 Å². The van der Waals surface area contributed by atoms with E-state index in [1.54, 1.807) is 0 Å². The average Bonchev–Trinajstić information content (AvgIpc) is 2.83. The van der Waals surface area contributed by atoms with Gasteiger partial charge in [0.2, 0.25) is 5.91 Å². The monoisotopic (exact) mass is 680 g/mol. The van der Waals surface area contributed by atoms with E-state index in [4.69, 9.17) is 22.5 Å². The van der Waals surface area contributed by atoms with E-state index in [1.807, 2.05) is 50.0 Å². The second-order valence-corrected chi connectivity index (χ2v) is 34.9. The fourth-order valence-corrected chi connectivity index (χ4v) is 10.4. The highest BCUT2D eigenvalue weighted by molar-refractivity contribution is 6.74. The lowest BCUT2D eigenvalue weighted by Crippen LogP contribution is -2.88. The summed E-state index contributed by atoms with van der Waals surface area (Å²) in [7, 11) is -9.90. The van der Waals surface area contributed by atoms with E-state index in [9.17, 15) is 15.2 Å². The highest BCUT2D eigenvalue weighted by Gasteiger charge is 2.77. The molecule has 1 N–H and O–H groups in total. The number of carbonyl (C=O) groups excluding carboxylic acids is 1. The molecule has 1 aromatic rings. The van der Waals surface area contributed by atoms with Gasteiger partial charge in [0.15, 0.2) is 38.9 Å². The highest BCUT2D eigenvalue weighted by atomic mass is 28.4. The van der Waals surface area contributed by atoms with Crippen LogP contribution in [-0.2, 0) is 33.9 Å². The summed E-state index contributed by atoms with van der Waals surface area (Å²) in [4.78, 5) is 19.7. The van der Waals surface area contributed by atoms with Gasteiger partial charge in [-0.1, -0.05) is 51.1 Å². The van der Waals surface area contributed by atoms with Gasteiger partial charge in [0.25, 0.3) is 0 Å². The summed E-state index contributed by atoms with van der Waals surface area (Å²) in [5, 5.41) is 25.0. The van der Waals surface area contributed by atoms with Crippen LogP contribution in [0.3, 0.4) is 0 Å². The van der Waals surface area contributed by atoms with E-state index in [0.717, 1.165) is 5.56 Å². The Morgan fingerprint density at radius 3 is 1.82 bits per heavy atom. The van der Waals surface area contributed by atoms with Gasteiger partial charge in [-0.25, -0.2) is 5.06 Å². The van der Waals surface area contributed by atoms with E-state index < -0.39 is 68.8 Å². The third kappa shape index (κ3) is 7.67. The van der Waals surface area contributed by atoms with Crippen LogP contribution in [0.15, 0.2) is 30.3 Å². The number of β-lactam (4-membered cyclic amide) rings is 1. The molecule has 9 nitrogen and oxygen atoms in total. The quantitative estimate of drug-likeness (QED) is 0.211. The Kier molecular flexibility index (Phi) is 10.5. The predicted molar refractivity (Wildman–Crippen MR) is 183 cm³/mol. The van der Waals surface area contributed by atoms with Crippen LogP contribution < -0.4 is 0 Å². The van der Waals surface area contributed by atoms with Crippen LogP contribution >= 0.6 is 0 Å². The molecule has 13 heteroatoms. The molecule has 1 amide bonds. The zero-order valence-corrected chi connectivity index (χ0v) is 33.4. The Hall–Kier alpha value is -1.19. The molecule has 1 saturated carbocycles. The molecule has 0 unspecified atom stereocenters. The Bertz CT molecular complexity index is 1220. The van der Waals surface area contributed by atoms with Crippen LogP contribution in [0.25, 0.3) is 0 Å². The van der Waals surface area contributed by atoms with Gasteiger partial charge in [0.05, 0.1) is 6.42 Å². The summed E-state index contributed by atoms with van der Waals surface area (Å²) in [5.74, 6) is -0.266. The number of nitrogens with zero attached hydrogens (tertiary/aromatic N) is 2. The van der Waals surface area contributed by atoms with Crippen LogP contribution in [0.1, 0.15) is 32.8 Å². The molecule has 2 fully saturated rings. The summed E-state index contributed by atoms with van der Waals surface area (Å²) in [6.45, 7) is 29.1. The Balaban J connectivity index is 2.34. The summed E-state index contributed by atoms with van der Waals surface area (Å²) in [5.41, 5.74) is -2.17. The molecular weight excluding hydrogens is 625 g/mol. The van der Waals surface area contributed by atoms with Gasteiger partial charge in [-0.3, -0.25) is 9.63 Å². The molecule has 1 heterocycles. The molecule has 0 aromatic heterocycles. The SMILES string of the molecule is CC(C)(C)[Si](C)(C)O[C@H]1[C@@H](O)[C@]2(CC(=O)N2OCc2ccccc2)[C@H](O[Si](C)(C)C)[C@H](O[Si](C)(C)C)[C@@]1(C#N)O[Si](C)(C)C. The van der Waals surface area contributed by atoms with Crippen molar-refractivity contribution >= 4 is 39.2 Å². The Labute approximate surface area is 269 Å². The molecule has 0 bridgehead atoms. The molecule has 6 atom stereocenters. The van der Waals surface area contributed by atoms with E-state index in [1.165, 1.54) is 5.06 Å². The number of hydrogen-bond donors (Lipinski definition) is 1. The predicted octanol–water partition coefficient (Wildman–Crippen LogP) is 6.41. The number of carbonyl (C=O) groups is 1. The summed E-state index contributed by atoms with van der Waals surface area (Å²) in [6, 6.07) is 12.1. The molecule has 0 radical (unpaired) electrons. The van der Waals surface area contributed by atoms with Crippen molar-refractivity contribution in [3.63, 3.8) is 0 Å². The normalized spacial score (nSPS) is 30.3. The molecule has 2 aliphatic rings. The number of benzene rings is 1. The minimum Gasteiger partial charge on any atom is -0.409 e. The van der Waals surface area contributed by atoms with E-state index in [0.29, 0.717) is 0 Å². The first kappa shape index (κ1) is 37.3. The second-order valence-electron chi connectivity index (χ2n) is 16.8. The first-order valence-corrected chi connectivity index (χ1v) is 28.8. The molecular formula is C31H56N2O7Si4. The molecule has 1 saturated heterocycles. The van der Waals surface area contributed by atoms with E-state index in [-0.39, 0.29) is 24.0 Å². The van der Waals surface area contributed by atoms with E-state index in [2.05, 4.69) is 79.2 Å². The number of aliphatic hydroxyl groups is 1. The average molecular weight is 681 g/mol. The summed E-state index contributed by atoms with van der Waals surface area (Å²) >= 11 is 0. The smallest absolute Gasteiger partial charge is 0.249 e. The maximum atomic E-state index is 13.5. The first-order valence-electron chi connectivity index (χ1n) is 15.6. The van der Waals surface area contributed by atoms with Crippen molar-refractivity contribution < 1.29 is 32.4 Å². The molecule has 1 aliphatic heterocycles. The maximum absolute atomic E-state index is 13.5. The van der Waals surface area contributed by atoms with Gasteiger partial charge in [-0.2, -0.15) is 5.26 Å². The van der Waals surface area contributed by atoms with Crippen molar-refractivity contribution in [3.05, 3.63) is 35.9 Å². The maximum Gasteiger partial charge on any atom is 0.249 e. The Morgan fingerprint density at radius 2 is 1.39 bits per heavy atom. The minimum absolute atomic E-state index is 0.0323. The minimum atomic E-state index is -2.63. The first-order chi connectivity index (χ1) is 19.8. The fourth-order valence-electron chi connectivity index (χ4n) is 5.68. The van der Waals surface area contributed by atoms with Crippen LogP contribution in [0.2, 0.25) is 77.1 Å². The van der Waals surface area contributed by atoms with Crippen LogP contribution in [-0.4, -0.2) is 84.9 Å². The lowest BCUT2D eigenvalue weighted by molar-refractivity contribution is -0.340. The number of hydroxylamine groups is 2. The standard InChI is InChI=1S/C31H56N2O7Si4/c1-29(2,3)44(13,14)39-26-25(35)30(20-24(34)33(30)36-21-23-18-16-15-17-19-23)27(37-41(4,5)6)28(38-42(7,8)9)31(26,22-32)40-43(10,11)12/h15-19,25-28,35H,20-21H2,1-14H3/t25-,26+,27-,28+,30-,31+/m1/s1. The van der Waals surface area contributed by atoms with Crippen molar-refractivity contribution in [1.29, 1.82) is 5.26 Å². The lowest BCUT2D eigenvalue weighted by atomic mass is 9.62. The largest absolute Gasteiger partial charge is 0.409 e. The molecule has 1 spiro atoms. The lowest BCUT2D eigenvalue weighted by Gasteiger charge is -2.66. The van der Waals surface area contributed by atoms with Crippen LogP contribution in [0, 0.1) is 11.3 Å². The number of rotatable bonds is 11. The summed E-state index contributed by atoms with van der Waals surface area (Å²) < 4.78 is 27.9. The molecule has 248 valence electrons. The van der Waals surface area contributed by atoms with Gasteiger partial charge in [-0.05, 0) is 82.6 Å². The molecule has 1 aromatic carbocycles. The number of nitriles is 1. The van der Waals surface area contributed by atoms with Gasteiger partial charge in [0, 0.05) is 0 Å². The van der Waals surface area contributed by atoms with Gasteiger partial charge in [0.1, 0.15) is 42.6 Å². The Morgan fingerprint density at radius 1 is 0.864 bits per heavy atom. The third-order valence-corrected chi connectivity index (χ3v) is 15.8. The topological polar surface area (TPSA) is 110 Å². The van der Waals surface area contributed by atoms with Gasteiger partial charge < -0.3 is 22.8 Å². The third-order valence-electron chi connectivity index (χ3n) is 8.49. The van der Waals surface area contributed by atoms with Crippen molar-refractivity contribution in [2.45, 2.75) is 146 Å². The molecule has 44 heavy (non-hydrogen) atoms. The zero-order chi connectivity index (χ0) is 33.7. The van der Waals surface area contributed by atoms with Crippen molar-refractivity contribution in [3.8, 4) is 6.07 Å². The van der Waals surface area contributed by atoms with Crippen LogP contribution in [0.5, 0.6) is 0 Å². The fraction of sp³-hybridized carbons (Fsp3) is 0.742. The molecule has 1 aliphatic carbocycles. The zero-order valence-electron chi connectivity index (χ0n) is 29.4. The number of amides is 1. The van der Waals surface area contributed by atoms with Crippen molar-refractivity contribution in [2.75, 3.05) is 0 Å². The molecule has 3 rings (SSSR count). The highest BCUT2D eigenvalue weighted by Crippen LogP contribution is 2.54.